The van der Waals surface area contributed by atoms with Crippen LogP contribution in [0.2, 0.25) is 0 Å². The monoisotopic (exact) mass is 426 g/mol. The minimum Gasteiger partial charge on any atom is -0.486 e. The molecule has 6 heteroatoms. The minimum atomic E-state index is -0.979. The molecule has 0 fully saturated rings. The van der Waals surface area contributed by atoms with Crippen LogP contribution in [-0.2, 0) is 19.7 Å². The number of carbonyl (C=O) groups is 2. The van der Waals surface area contributed by atoms with Gasteiger partial charge in [0.15, 0.2) is 5.78 Å². The van der Waals surface area contributed by atoms with E-state index >= 15 is 0 Å². The molecule has 0 spiro atoms. The molecule has 5 nitrogen and oxygen atoms in total. The normalized spacial score (nSPS) is 19.1. The van der Waals surface area contributed by atoms with Crippen molar-refractivity contribution in [3.8, 4) is 5.75 Å². The lowest BCUT2D eigenvalue weighted by atomic mass is 9.87. The summed E-state index contributed by atoms with van der Waals surface area (Å²) in [4.78, 5) is 24.8. The lowest BCUT2D eigenvalue weighted by Crippen LogP contribution is -2.35. The number of benzene rings is 2. The summed E-state index contributed by atoms with van der Waals surface area (Å²) < 4.78 is 11.1. The summed E-state index contributed by atoms with van der Waals surface area (Å²) in [5.74, 6) is 0.428. The van der Waals surface area contributed by atoms with Gasteiger partial charge in [0.2, 0.25) is 0 Å². The second-order valence-corrected chi connectivity index (χ2v) is 9.43. The smallest absolute Gasteiger partial charge is 0.327 e. The number of Topliss-reactive ketones (excluding diaryl/α,β-unsaturated/α-hetero) is 1. The van der Waals surface area contributed by atoms with Crippen LogP contribution in [0.3, 0.4) is 0 Å². The third kappa shape index (κ3) is 5.32. The van der Waals surface area contributed by atoms with E-state index < -0.39 is 17.3 Å². The van der Waals surface area contributed by atoms with Crippen LogP contribution in [-0.4, -0.2) is 34.8 Å². The molecule has 2 atom stereocenters. The Bertz CT molecular complexity index is 959. The third-order valence-electron chi connectivity index (χ3n) is 4.59. The van der Waals surface area contributed by atoms with Gasteiger partial charge < -0.3 is 14.6 Å². The van der Waals surface area contributed by atoms with Gasteiger partial charge in [-0.25, -0.2) is 0 Å². The highest BCUT2D eigenvalue weighted by molar-refractivity contribution is 8.00. The number of aliphatic hydroxyl groups is 1. The van der Waals surface area contributed by atoms with Crippen LogP contribution < -0.4 is 4.74 Å². The van der Waals surface area contributed by atoms with Crippen molar-refractivity contribution in [2.75, 3.05) is 6.61 Å². The summed E-state index contributed by atoms with van der Waals surface area (Å²) >= 11 is 1.27. The zero-order valence-electron chi connectivity index (χ0n) is 17.5. The summed E-state index contributed by atoms with van der Waals surface area (Å²) in [5.41, 5.74) is 1.48. The van der Waals surface area contributed by atoms with Gasteiger partial charge in [-0.05, 0) is 42.2 Å². The fraction of sp³-hybridized carbons (Fsp3) is 0.333. The fourth-order valence-electron chi connectivity index (χ4n) is 3.07. The number of hydrogen-bond acceptors (Lipinski definition) is 6. The average Bonchev–Trinajstić information content (AvgIpc) is 2.69. The van der Waals surface area contributed by atoms with Gasteiger partial charge in [-0.2, -0.15) is 0 Å². The van der Waals surface area contributed by atoms with Crippen LogP contribution >= 0.6 is 11.8 Å². The Hall–Kier alpha value is -2.57. The largest absolute Gasteiger partial charge is 0.486 e. The molecule has 2 aromatic rings. The van der Waals surface area contributed by atoms with Crippen LogP contribution in [0.1, 0.15) is 38.8 Å². The minimum absolute atomic E-state index is 0.0107. The molecular weight excluding hydrogens is 400 g/mol. The van der Waals surface area contributed by atoms with Crippen LogP contribution in [0.25, 0.3) is 5.76 Å². The highest BCUT2D eigenvalue weighted by Gasteiger charge is 2.35. The van der Waals surface area contributed by atoms with Crippen molar-refractivity contribution in [3.05, 3.63) is 65.7 Å². The van der Waals surface area contributed by atoms with E-state index in [-0.39, 0.29) is 17.8 Å². The van der Waals surface area contributed by atoms with E-state index in [1.807, 2.05) is 42.5 Å². The summed E-state index contributed by atoms with van der Waals surface area (Å²) in [7, 11) is 0. The Labute approximate surface area is 181 Å². The number of thioether (sulfide) groups is 1. The number of aliphatic hydroxyl groups excluding tert-OH is 1. The first-order chi connectivity index (χ1) is 14.1. The van der Waals surface area contributed by atoms with E-state index in [9.17, 15) is 14.7 Å². The van der Waals surface area contributed by atoms with Crippen molar-refractivity contribution in [2.45, 2.75) is 49.4 Å². The summed E-state index contributed by atoms with van der Waals surface area (Å²) in [6.07, 6.45) is 0.600. The summed E-state index contributed by atoms with van der Waals surface area (Å²) in [5, 5.41) is 9.89. The molecule has 0 bridgehead atoms. The number of hydrogen-bond donors (Lipinski definition) is 1. The van der Waals surface area contributed by atoms with Crippen LogP contribution in [0, 0.1) is 0 Å². The van der Waals surface area contributed by atoms with E-state index in [1.54, 1.807) is 12.1 Å². The molecule has 3 rings (SSSR count). The van der Waals surface area contributed by atoms with E-state index in [0.29, 0.717) is 11.5 Å². The number of ketones is 1. The first kappa shape index (κ1) is 22.1. The van der Waals surface area contributed by atoms with Gasteiger partial charge in [-0.15, -0.1) is 11.8 Å². The van der Waals surface area contributed by atoms with Crippen molar-refractivity contribution < 1.29 is 24.2 Å². The number of rotatable bonds is 6. The van der Waals surface area contributed by atoms with E-state index in [2.05, 4.69) is 20.8 Å². The van der Waals surface area contributed by atoms with Crippen LogP contribution in [0.5, 0.6) is 5.75 Å². The Morgan fingerprint density at radius 1 is 1.17 bits per heavy atom. The van der Waals surface area contributed by atoms with Crippen molar-refractivity contribution in [2.24, 2.45) is 0 Å². The molecule has 0 aromatic heterocycles. The number of carbonyl (C=O) groups excluding carboxylic acids is 2. The quantitative estimate of drug-likeness (QED) is 0.692. The molecule has 1 aliphatic heterocycles. The van der Waals surface area contributed by atoms with Gasteiger partial charge in [0, 0.05) is 10.5 Å². The molecule has 0 saturated heterocycles. The number of esters is 1. The fourth-order valence-corrected chi connectivity index (χ4v) is 4.34. The molecule has 1 heterocycles. The highest BCUT2D eigenvalue weighted by Crippen LogP contribution is 2.40. The summed E-state index contributed by atoms with van der Waals surface area (Å²) in [6.45, 7) is 7.66. The molecular formula is C24H26O5S. The standard InChI is InChI=1S/C24H26O5S/c1-15(25)14-28-17-10-11-21(18(12-17)24(2,3)4)30-22-19(26)13-20(29-23(22)27)16-8-6-5-7-9-16/h5-13,19,22,26H,14H2,1-4H3. The Balaban J connectivity index is 1.85. The predicted molar refractivity (Wildman–Crippen MR) is 117 cm³/mol. The van der Waals surface area contributed by atoms with Gasteiger partial charge >= 0.3 is 5.97 Å². The predicted octanol–water partition coefficient (Wildman–Crippen LogP) is 4.37. The SMILES string of the molecule is CC(=O)COc1ccc(SC2C(=O)OC(c3ccccc3)=CC2O)c(C(C)(C)C)c1. The third-order valence-corrected chi connectivity index (χ3v) is 5.92. The lowest BCUT2D eigenvalue weighted by Gasteiger charge is -2.28. The Morgan fingerprint density at radius 2 is 1.87 bits per heavy atom. The maximum absolute atomic E-state index is 12.7. The van der Waals surface area contributed by atoms with Gasteiger partial charge in [0.25, 0.3) is 0 Å². The van der Waals surface area contributed by atoms with Crippen molar-refractivity contribution in [3.63, 3.8) is 0 Å². The van der Waals surface area contributed by atoms with E-state index in [0.717, 1.165) is 16.0 Å². The molecule has 30 heavy (non-hydrogen) atoms. The van der Waals surface area contributed by atoms with Crippen LogP contribution in [0.15, 0.2) is 59.5 Å². The number of ether oxygens (including phenoxy) is 2. The molecule has 0 saturated carbocycles. The van der Waals surface area contributed by atoms with E-state index in [1.165, 1.54) is 18.7 Å². The van der Waals surface area contributed by atoms with Gasteiger partial charge in [-0.3, -0.25) is 9.59 Å². The van der Waals surface area contributed by atoms with E-state index in [4.69, 9.17) is 9.47 Å². The van der Waals surface area contributed by atoms with Crippen LogP contribution in [0.4, 0.5) is 0 Å². The zero-order chi connectivity index (χ0) is 21.9. The lowest BCUT2D eigenvalue weighted by molar-refractivity contribution is -0.138. The molecule has 0 aliphatic carbocycles. The average molecular weight is 427 g/mol. The van der Waals surface area contributed by atoms with Gasteiger partial charge in [-0.1, -0.05) is 51.1 Å². The van der Waals surface area contributed by atoms with Gasteiger partial charge in [0.05, 0.1) is 6.10 Å². The second-order valence-electron chi connectivity index (χ2n) is 8.25. The highest BCUT2D eigenvalue weighted by atomic mass is 32.2. The Kier molecular flexibility index (Phi) is 6.68. The maximum atomic E-state index is 12.7. The molecule has 158 valence electrons. The molecule has 1 aliphatic rings. The van der Waals surface area contributed by atoms with Crippen molar-refractivity contribution >= 4 is 29.3 Å². The molecule has 0 radical (unpaired) electrons. The zero-order valence-corrected chi connectivity index (χ0v) is 18.4. The molecule has 0 amide bonds. The number of cyclic esters (lactones) is 1. The van der Waals surface area contributed by atoms with Crippen molar-refractivity contribution in [1.29, 1.82) is 0 Å². The molecule has 2 unspecified atom stereocenters. The molecule has 2 aromatic carbocycles. The van der Waals surface area contributed by atoms with Gasteiger partial charge in [0.1, 0.15) is 23.4 Å². The first-order valence-corrected chi connectivity index (χ1v) is 10.6. The van der Waals surface area contributed by atoms with Crippen molar-refractivity contribution in [1.82, 2.24) is 0 Å². The Morgan fingerprint density at radius 3 is 2.47 bits per heavy atom. The topological polar surface area (TPSA) is 72.8 Å². The molecule has 1 N–H and O–H groups in total. The first-order valence-electron chi connectivity index (χ1n) is 9.75. The summed E-state index contributed by atoms with van der Waals surface area (Å²) in [6, 6.07) is 14.8. The second kappa shape index (κ2) is 9.06. The maximum Gasteiger partial charge on any atom is 0.327 e.